The average molecular weight is 499 g/mol. The molecule has 0 unspecified atom stereocenters. The van der Waals surface area contributed by atoms with Crippen LogP contribution in [0.15, 0.2) is 23.1 Å². The topological polar surface area (TPSA) is 103 Å². The second-order valence-electron chi connectivity index (χ2n) is 10.9. The maximum atomic E-state index is 13.2. The number of hydrogen-bond donors (Lipinski definition) is 1. The molecular weight excluding hydrogens is 460 g/mol. The molecule has 0 spiro atoms. The predicted molar refractivity (Wildman–Crippen MR) is 127 cm³/mol. The Labute approximate surface area is 203 Å². The Hall–Kier alpha value is -1.88. The molecule has 0 atom stereocenters. The number of benzene rings is 1. The van der Waals surface area contributed by atoms with Gasteiger partial charge in [-0.2, -0.15) is 0 Å². The van der Waals surface area contributed by atoms with Crippen LogP contribution in [0.25, 0.3) is 0 Å². The smallest absolute Gasteiger partial charge is 0.410 e. The molecule has 192 valence electrons. The van der Waals surface area contributed by atoms with E-state index >= 15 is 0 Å². The van der Waals surface area contributed by atoms with E-state index in [4.69, 9.17) is 18.9 Å². The molecular formula is C24H38N2O7S. The van der Waals surface area contributed by atoms with E-state index in [0.717, 1.165) is 0 Å². The minimum atomic E-state index is -3.85. The third kappa shape index (κ3) is 5.84. The van der Waals surface area contributed by atoms with Crippen molar-refractivity contribution in [3.63, 3.8) is 0 Å². The Morgan fingerprint density at radius 1 is 1.09 bits per heavy atom. The largest absolute Gasteiger partial charge is 0.495 e. The third-order valence-corrected chi connectivity index (χ3v) is 8.03. The lowest BCUT2D eigenvalue weighted by atomic mass is 9.90. The van der Waals surface area contributed by atoms with Crippen molar-refractivity contribution in [1.29, 1.82) is 0 Å². The molecule has 1 amide bonds. The van der Waals surface area contributed by atoms with Gasteiger partial charge in [0.25, 0.3) is 0 Å². The number of rotatable bonds is 5. The number of nitrogens with zero attached hydrogens (tertiary/aromatic N) is 1. The fourth-order valence-electron chi connectivity index (χ4n) is 3.82. The Balaban J connectivity index is 1.68. The Kier molecular flexibility index (Phi) is 7.30. The summed E-state index contributed by atoms with van der Waals surface area (Å²) in [5.41, 5.74) is -0.908. The van der Waals surface area contributed by atoms with Gasteiger partial charge in [0.2, 0.25) is 10.0 Å². The molecule has 1 N–H and O–H groups in total. The minimum absolute atomic E-state index is 0.0461. The van der Waals surface area contributed by atoms with Crippen molar-refractivity contribution in [3.8, 4) is 5.75 Å². The lowest BCUT2D eigenvalue weighted by Gasteiger charge is -2.33. The maximum Gasteiger partial charge on any atom is 0.410 e. The zero-order valence-corrected chi connectivity index (χ0v) is 22.2. The standard InChI is InChI=1S/C24H38N2O7S/c1-22(2,3)33-21(27)26-13-11-17(12-14-26)25-34(28,29)19-10-9-16(15-18(19)30-8)20-31-23(4,5)24(6,7)32-20/h9-10,15,17,20,25H,11-14H2,1-8H3. The van der Waals surface area contributed by atoms with Crippen molar-refractivity contribution in [2.45, 2.75) is 95.3 Å². The number of hydrogen-bond acceptors (Lipinski definition) is 7. The van der Waals surface area contributed by atoms with Crippen molar-refractivity contribution < 1.29 is 32.2 Å². The Morgan fingerprint density at radius 2 is 1.65 bits per heavy atom. The summed E-state index contributed by atoms with van der Waals surface area (Å²) < 4.78 is 52.1. The summed E-state index contributed by atoms with van der Waals surface area (Å²) in [7, 11) is -2.41. The summed E-state index contributed by atoms with van der Waals surface area (Å²) >= 11 is 0. The molecule has 0 saturated carbocycles. The van der Waals surface area contributed by atoms with Gasteiger partial charge < -0.3 is 23.8 Å². The molecule has 3 rings (SSSR count). The van der Waals surface area contributed by atoms with Crippen LogP contribution < -0.4 is 9.46 Å². The van der Waals surface area contributed by atoms with Gasteiger partial charge in [0.1, 0.15) is 16.2 Å². The number of piperidine rings is 1. The van der Waals surface area contributed by atoms with Gasteiger partial charge in [-0.25, -0.2) is 17.9 Å². The van der Waals surface area contributed by atoms with E-state index in [1.165, 1.54) is 13.2 Å². The number of likely N-dealkylation sites (tertiary alicyclic amines) is 1. The number of carbonyl (C=O) groups excluding carboxylic acids is 1. The summed E-state index contributed by atoms with van der Waals surface area (Å²) in [6, 6.07) is 4.54. The monoisotopic (exact) mass is 498 g/mol. The predicted octanol–water partition coefficient (Wildman–Crippen LogP) is 3.98. The fourth-order valence-corrected chi connectivity index (χ4v) is 5.28. The van der Waals surface area contributed by atoms with Crippen molar-refractivity contribution in [3.05, 3.63) is 23.8 Å². The molecule has 1 aromatic carbocycles. The lowest BCUT2D eigenvalue weighted by molar-refractivity contribution is -0.0897. The molecule has 34 heavy (non-hydrogen) atoms. The highest BCUT2D eigenvalue weighted by Gasteiger charge is 2.49. The molecule has 0 radical (unpaired) electrons. The van der Waals surface area contributed by atoms with Gasteiger partial charge in [-0.1, -0.05) is 6.07 Å². The molecule has 0 aliphatic carbocycles. The average Bonchev–Trinajstić information content (AvgIpc) is 2.93. The number of carbonyl (C=O) groups is 1. The van der Waals surface area contributed by atoms with E-state index in [0.29, 0.717) is 31.5 Å². The van der Waals surface area contributed by atoms with Crippen molar-refractivity contribution in [2.75, 3.05) is 20.2 Å². The highest BCUT2D eigenvalue weighted by Crippen LogP contribution is 2.45. The van der Waals surface area contributed by atoms with E-state index in [-0.39, 0.29) is 22.8 Å². The van der Waals surface area contributed by atoms with Gasteiger partial charge in [0.05, 0.1) is 18.3 Å². The first-order valence-corrected chi connectivity index (χ1v) is 13.1. The van der Waals surface area contributed by atoms with E-state index in [2.05, 4.69) is 4.72 Å². The van der Waals surface area contributed by atoms with Crippen LogP contribution in [0, 0.1) is 0 Å². The molecule has 0 bridgehead atoms. The van der Waals surface area contributed by atoms with Crippen LogP contribution in [0.5, 0.6) is 5.75 Å². The van der Waals surface area contributed by atoms with Crippen molar-refractivity contribution in [1.82, 2.24) is 9.62 Å². The van der Waals surface area contributed by atoms with Gasteiger partial charge in [0.15, 0.2) is 6.29 Å². The fraction of sp³-hybridized carbons (Fsp3) is 0.708. The highest BCUT2D eigenvalue weighted by atomic mass is 32.2. The number of nitrogens with one attached hydrogen (secondary N) is 1. The van der Waals surface area contributed by atoms with Gasteiger partial charge >= 0.3 is 6.09 Å². The summed E-state index contributed by atoms with van der Waals surface area (Å²) in [5, 5.41) is 0. The van der Waals surface area contributed by atoms with Crippen LogP contribution in [-0.4, -0.2) is 62.5 Å². The zero-order chi connectivity index (χ0) is 25.5. The van der Waals surface area contributed by atoms with Crippen LogP contribution >= 0.6 is 0 Å². The molecule has 2 aliphatic heterocycles. The van der Waals surface area contributed by atoms with E-state index < -0.39 is 33.1 Å². The van der Waals surface area contributed by atoms with Crippen LogP contribution in [0.1, 0.15) is 73.2 Å². The normalized spacial score (nSPS) is 21.5. The second kappa shape index (κ2) is 9.29. The van der Waals surface area contributed by atoms with Gasteiger partial charge in [-0.05, 0) is 73.4 Å². The molecule has 10 heteroatoms. The van der Waals surface area contributed by atoms with Gasteiger partial charge in [0, 0.05) is 24.7 Å². The van der Waals surface area contributed by atoms with E-state index in [9.17, 15) is 13.2 Å². The highest BCUT2D eigenvalue weighted by molar-refractivity contribution is 7.89. The number of ether oxygens (including phenoxy) is 4. The van der Waals surface area contributed by atoms with Crippen LogP contribution in [-0.2, 0) is 24.2 Å². The molecule has 1 aromatic rings. The van der Waals surface area contributed by atoms with Crippen LogP contribution in [0.3, 0.4) is 0 Å². The first-order chi connectivity index (χ1) is 15.5. The summed E-state index contributed by atoms with van der Waals surface area (Å²) in [6.45, 7) is 14.1. The van der Waals surface area contributed by atoms with E-state index in [1.54, 1.807) is 17.0 Å². The van der Waals surface area contributed by atoms with Crippen LogP contribution in [0.2, 0.25) is 0 Å². The molecule has 2 aliphatic rings. The van der Waals surface area contributed by atoms with Gasteiger partial charge in [-0.3, -0.25) is 0 Å². The first-order valence-electron chi connectivity index (χ1n) is 11.6. The number of amides is 1. The van der Waals surface area contributed by atoms with E-state index in [1.807, 2.05) is 48.5 Å². The summed E-state index contributed by atoms with van der Waals surface area (Å²) in [5.74, 6) is 0.214. The molecule has 0 aromatic heterocycles. The summed E-state index contributed by atoms with van der Waals surface area (Å²) in [4.78, 5) is 13.9. The minimum Gasteiger partial charge on any atom is -0.495 e. The third-order valence-electron chi connectivity index (χ3n) is 6.47. The summed E-state index contributed by atoms with van der Waals surface area (Å²) in [6.07, 6.45) is -0.0193. The Morgan fingerprint density at radius 3 is 2.15 bits per heavy atom. The maximum absolute atomic E-state index is 13.2. The van der Waals surface area contributed by atoms with Crippen molar-refractivity contribution >= 4 is 16.1 Å². The van der Waals surface area contributed by atoms with Crippen LogP contribution in [0.4, 0.5) is 4.79 Å². The number of methoxy groups -OCH3 is 1. The molecule has 2 saturated heterocycles. The lowest BCUT2D eigenvalue weighted by Crippen LogP contribution is -2.47. The zero-order valence-electron chi connectivity index (χ0n) is 21.4. The molecule has 9 nitrogen and oxygen atoms in total. The second-order valence-corrected chi connectivity index (χ2v) is 12.5. The molecule has 2 heterocycles. The quantitative estimate of drug-likeness (QED) is 0.655. The SMILES string of the molecule is COc1cc(C2OC(C)(C)C(C)(C)O2)ccc1S(=O)(=O)NC1CCN(C(=O)OC(C)(C)C)CC1. The Bertz CT molecular complexity index is 991. The number of sulfonamides is 1. The van der Waals surface area contributed by atoms with Gasteiger partial charge in [-0.15, -0.1) is 0 Å². The molecule has 2 fully saturated rings. The van der Waals surface area contributed by atoms with Crippen molar-refractivity contribution in [2.24, 2.45) is 0 Å². The first kappa shape index (κ1) is 26.7.